The fourth-order valence-corrected chi connectivity index (χ4v) is 2.62. The van der Waals surface area contributed by atoms with Crippen LogP contribution in [0.2, 0.25) is 0 Å². The van der Waals surface area contributed by atoms with Crippen molar-refractivity contribution in [2.45, 2.75) is 44.7 Å². The number of hydrogen-bond acceptors (Lipinski definition) is 3. The lowest BCUT2D eigenvalue weighted by molar-refractivity contribution is 0.0634. The maximum atomic E-state index is 12.4. The number of pyridine rings is 1. The van der Waals surface area contributed by atoms with E-state index in [1.807, 2.05) is 24.0 Å². The van der Waals surface area contributed by atoms with E-state index in [2.05, 4.69) is 4.98 Å². The molecule has 1 aliphatic carbocycles. The van der Waals surface area contributed by atoms with Crippen molar-refractivity contribution in [2.24, 2.45) is 5.73 Å². The summed E-state index contributed by atoms with van der Waals surface area (Å²) in [5.41, 5.74) is 6.45. The molecule has 1 amide bonds. The second-order valence-electron chi connectivity index (χ2n) is 4.87. The lowest BCUT2D eigenvalue weighted by atomic mass is 9.90. The van der Waals surface area contributed by atoms with Gasteiger partial charge in [0.15, 0.2) is 0 Å². The average Bonchev–Trinajstić information content (AvgIpc) is 2.42. The summed E-state index contributed by atoms with van der Waals surface area (Å²) in [5.74, 6) is 0.0403. The molecule has 0 radical (unpaired) electrons. The molecule has 0 unspecified atom stereocenters. The fourth-order valence-electron chi connectivity index (χ4n) is 2.62. The first-order valence-corrected chi connectivity index (χ1v) is 6.70. The van der Waals surface area contributed by atoms with Gasteiger partial charge in [-0.2, -0.15) is 0 Å². The van der Waals surface area contributed by atoms with Crippen molar-refractivity contribution in [2.75, 3.05) is 6.54 Å². The third-order valence-corrected chi connectivity index (χ3v) is 3.67. The predicted octanol–water partition coefficient (Wildman–Crippen LogP) is 1.81. The normalized spacial score (nSPS) is 23.7. The minimum absolute atomic E-state index is 0.0403. The number of nitrogens with two attached hydrogens (primary N) is 1. The minimum Gasteiger partial charge on any atom is -0.335 e. The summed E-state index contributed by atoms with van der Waals surface area (Å²) >= 11 is 0. The summed E-state index contributed by atoms with van der Waals surface area (Å²) in [6.07, 6.45) is 5.70. The summed E-state index contributed by atoms with van der Waals surface area (Å²) in [6, 6.07) is 6.09. The van der Waals surface area contributed by atoms with Gasteiger partial charge in [-0.1, -0.05) is 6.07 Å². The highest BCUT2D eigenvalue weighted by molar-refractivity contribution is 5.92. The molecule has 1 aromatic heterocycles. The number of amides is 1. The Hall–Kier alpha value is -1.42. The highest BCUT2D eigenvalue weighted by atomic mass is 16.2. The largest absolute Gasteiger partial charge is 0.335 e. The second kappa shape index (κ2) is 5.96. The van der Waals surface area contributed by atoms with Crippen molar-refractivity contribution in [3.8, 4) is 0 Å². The first-order chi connectivity index (χ1) is 8.72. The van der Waals surface area contributed by atoms with E-state index < -0.39 is 0 Å². The van der Waals surface area contributed by atoms with E-state index in [0.717, 1.165) is 32.2 Å². The molecule has 0 saturated heterocycles. The zero-order valence-corrected chi connectivity index (χ0v) is 10.9. The van der Waals surface area contributed by atoms with E-state index in [4.69, 9.17) is 5.73 Å². The van der Waals surface area contributed by atoms with Crippen LogP contribution >= 0.6 is 0 Å². The Morgan fingerprint density at radius 1 is 1.39 bits per heavy atom. The van der Waals surface area contributed by atoms with Crippen molar-refractivity contribution < 1.29 is 4.79 Å². The van der Waals surface area contributed by atoms with Gasteiger partial charge in [0.2, 0.25) is 0 Å². The number of hydrogen-bond donors (Lipinski definition) is 1. The second-order valence-corrected chi connectivity index (χ2v) is 4.87. The van der Waals surface area contributed by atoms with E-state index in [1.165, 1.54) is 0 Å². The van der Waals surface area contributed by atoms with Gasteiger partial charge in [0.1, 0.15) is 5.69 Å². The van der Waals surface area contributed by atoms with Crippen LogP contribution in [-0.4, -0.2) is 34.4 Å². The minimum atomic E-state index is 0.0403. The SMILES string of the molecule is CCN(C(=O)c1ccccn1)C1CCC(N)CC1. The van der Waals surface area contributed by atoms with Gasteiger partial charge in [0, 0.05) is 24.8 Å². The molecule has 98 valence electrons. The van der Waals surface area contributed by atoms with Gasteiger partial charge < -0.3 is 10.6 Å². The number of aromatic nitrogens is 1. The molecule has 0 bridgehead atoms. The molecule has 0 aromatic carbocycles. The molecule has 1 saturated carbocycles. The lowest BCUT2D eigenvalue weighted by Gasteiger charge is -2.35. The van der Waals surface area contributed by atoms with Crippen LogP contribution in [0.4, 0.5) is 0 Å². The summed E-state index contributed by atoms with van der Waals surface area (Å²) in [4.78, 5) is 18.5. The van der Waals surface area contributed by atoms with E-state index in [1.54, 1.807) is 12.3 Å². The Kier molecular flexibility index (Phi) is 4.31. The zero-order chi connectivity index (χ0) is 13.0. The van der Waals surface area contributed by atoms with Crippen molar-refractivity contribution >= 4 is 5.91 Å². The van der Waals surface area contributed by atoms with Crippen molar-refractivity contribution in [1.29, 1.82) is 0 Å². The molecule has 18 heavy (non-hydrogen) atoms. The Morgan fingerprint density at radius 3 is 2.67 bits per heavy atom. The van der Waals surface area contributed by atoms with Crippen LogP contribution in [0.1, 0.15) is 43.1 Å². The number of carbonyl (C=O) groups is 1. The topological polar surface area (TPSA) is 59.2 Å². The molecular formula is C14H21N3O. The Balaban J connectivity index is 2.07. The standard InChI is InChI=1S/C14H21N3O/c1-2-17(12-8-6-11(15)7-9-12)14(18)13-5-3-4-10-16-13/h3-5,10-12H,2,6-9,15H2,1H3. The molecule has 1 heterocycles. The van der Waals surface area contributed by atoms with Crippen LogP contribution in [0.25, 0.3) is 0 Å². The summed E-state index contributed by atoms with van der Waals surface area (Å²) < 4.78 is 0. The Morgan fingerprint density at radius 2 is 2.11 bits per heavy atom. The molecule has 2 N–H and O–H groups in total. The lowest BCUT2D eigenvalue weighted by Crippen LogP contribution is -2.44. The van der Waals surface area contributed by atoms with Crippen LogP contribution in [0.15, 0.2) is 24.4 Å². The van der Waals surface area contributed by atoms with Crippen LogP contribution in [0.5, 0.6) is 0 Å². The van der Waals surface area contributed by atoms with Gasteiger partial charge in [-0.15, -0.1) is 0 Å². The van der Waals surface area contributed by atoms with Gasteiger partial charge in [-0.3, -0.25) is 9.78 Å². The van der Waals surface area contributed by atoms with Crippen LogP contribution in [0.3, 0.4) is 0 Å². The molecule has 4 nitrogen and oxygen atoms in total. The van der Waals surface area contributed by atoms with Crippen molar-refractivity contribution in [3.05, 3.63) is 30.1 Å². The van der Waals surface area contributed by atoms with Crippen LogP contribution in [-0.2, 0) is 0 Å². The third-order valence-electron chi connectivity index (χ3n) is 3.67. The number of rotatable bonds is 3. The van der Waals surface area contributed by atoms with Gasteiger partial charge in [0.05, 0.1) is 0 Å². The van der Waals surface area contributed by atoms with E-state index in [9.17, 15) is 4.79 Å². The molecular weight excluding hydrogens is 226 g/mol. The zero-order valence-electron chi connectivity index (χ0n) is 10.9. The van der Waals surface area contributed by atoms with Gasteiger partial charge in [0.25, 0.3) is 5.91 Å². The maximum absolute atomic E-state index is 12.4. The van der Waals surface area contributed by atoms with E-state index in [-0.39, 0.29) is 5.91 Å². The quantitative estimate of drug-likeness (QED) is 0.886. The Labute approximate surface area is 108 Å². The average molecular weight is 247 g/mol. The maximum Gasteiger partial charge on any atom is 0.272 e. The van der Waals surface area contributed by atoms with Crippen LogP contribution < -0.4 is 5.73 Å². The summed E-state index contributed by atoms with van der Waals surface area (Å²) in [5, 5.41) is 0. The molecule has 1 aliphatic rings. The Bertz CT molecular complexity index is 385. The monoisotopic (exact) mass is 247 g/mol. The molecule has 2 rings (SSSR count). The fraction of sp³-hybridized carbons (Fsp3) is 0.571. The highest BCUT2D eigenvalue weighted by Crippen LogP contribution is 2.23. The van der Waals surface area contributed by atoms with Crippen LogP contribution in [0, 0.1) is 0 Å². The van der Waals surface area contributed by atoms with Crippen molar-refractivity contribution in [3.63, 3.8) is 0 Å². The smallest absolute Gasteiger partial charge is 0.272 e. The first kappa shape index (κ1) is 13.0. The molecule has 0 spiro atoms. The van der Waals surface area contributed by atoms with Crippen molar-refractivity contribution in [1.82, 2.24) is 9.88 Å². The summed E-state index contributed by atoms with van der Waals surface area (Å²) in [7, 11) is 0. The third kappa shape index (κ3) is 2.88. The number of nitrogens with zero attached hydrogens (tertiary/aromatic N) is 2. The molecule has 1 aromatic rings. The highest BCUT2D eigenvalue weighted by Gasteiger charge is 2.27. The molecule has 4 heteroatoms. The molecule has 0 atom stereocenters. The van der Waals surface area contributed by atoms with Gasteiger partial charge in [-0.05, 0) is 44.7 Å². The van der Waals surface area contributed by atoms with Gasteiger partial charge in [-0.25, -0.2) is 0 Å². The van der Waals surface area contributed by atoms with E-state index in [0.29, 0.717) is 17.8 Å². The predicted molar refractivity (Wildman–Crippen MR) is 71.2 cm³/mol. The molecule has 0 aliphatic heterocycles. The number of carbonyl (C=O) groups excluding carboxylic acids is 1. The first-order valence-electron chi connectivity index (χ1n) is 6.70. The summed E-state index contributed by atoms with van der Waals surface area (Å²) in [6.45, 7) is 2.75. The van der Waals surface area contributed by atoms with E-state index >= 15 is 0 Å². The van der Waals surface area contributed by atoms with Gasteiger partial charge >= 0.3 is 0 Å². The molecule has 1 fully saturated rings.